The minimum Gasteiger partial charge on any atom is -0.339 e. The van der Waals surface area contributed by atoms with Crippen molar-refractivity contribution in [3.05, 3.63) is 30.0 Å². The van der Waals surface area contributed by atoms with E-state index in [1.807, 2.05) is 10.3 Å². The summed E-state index contributed by atoms with van der Waals surface area (Å²) >= 11 is 1.42. The summed E-state index contributed by atoms with van der Waals surface area (Å²) in [6.45, 7) is 3.07. The first-order chi connectivity index (χ1) is 12.2. The molecule has 0 N–H and O–H groups in total. The Kier molecular flexibility index (Phi) is 4.31. The third-order valence-corrected chi connectivity index (χ3v) is 5.35. The van der Waals surface area contributed by atoms with E-state index in [-0.39, 0.29) is 24.2 Å². The van der Waals surface area contributed by atoms with Crippen molar-refractivity contribution in [2.45, 2.75) is 6.42 Å². The summed E-state index contributed by atoms with van der Waals surface area (Å²) in [5.74, 6) is 0.446. The fourth-order valence-corrected chi connectivity index (χ4v) is 3.92. The van der Waals surface area contributed by atoms with Gasteiger partial charge in [0, 0.05) is 63.1 Å². The summed E-state index contributed by atoms with van der Waals surface area (Å²) in [6, 6.07) is 1.79. The third-order valence-electron chi connectivity index (χ3n) is 4.55. The monoisotopic (exact) mass is 358 g/mol. The van der Waals surface area contributed by atoms with Crippen molar-refractivity contribution in [1.82, 2.24) is 19.9 Å². The number of piperazine rings is 1. The number of rotatable bonds is 3. The Hall–Kier alpha value is -2.55. The second-order valence-electron chi connectivity index (χ2n) is 6.08. The molecule has 9 heteroatoms. The van der Waals surface area contributed by atoms with Gasteiger partial charge in [-0.15, -0.1) is 11.3 Å². The van der Waals surface area contributed by atoms with E-state index in [0.29, 0.717) is 43.8 Å². The van der Waals surface area contributed by atoms with Crippen LogP contribution in [0.1, 0.15) is 6.42 Å². The highest BCUT2D eigenvalue weighted by atomic mass is 32.1. The number of anilines is 2. The van der Waals surface area contributed by atoms with Crippen LogP contribution in [0.15, 0.2) is 30.0 Å². The van der Waals surface area contributed by atoms with E-state index >= 15 is 0 Å². The minimum absolute atomic E-state index is 0.0235. The number of carbonyl (C=O) groups excluding carboxylic acids is 2. The number of carbonyl (C=O) groups is 2. The second kappa shape index (κ2) is 6.75. The predicted molar refractivity (Wildman–Crippen MR) is 93.4 cm³/mol. The van der Waals surface area contributed by atoms with E-state index in [9.17, 15) is 9.59 Å². The van der Waals surface area contributed by atoms with Crippen LogP contribution in [0.25, 0.3) is 0 Å². The maximum Gasteiger partial charge on any atom is 0.229 e. The van der Waals surface area contributed by atoms with Crippen molar-refractivity contribution in [3.8, 4) is 0 Å². The number of hydrogen-bond acceptors (Lipinski definition) is 7. The molecule has 0 aromatic carbocycles. The highest BCUT2D eigenvalue weighted by Gasteiger charge is 2.38. The van der Waals surface area contributed by atoms with Crippen LogP contribution in [0.3, 0.4) is 0 Å². The molecule has 2 saturated heterocycles. The van der Waals surface area contributed by atoms with Crippen LogP contribution < -0.4 is 9.80 Å². The van der Waals surface area contributed by atoms with Gasteiger partial charge in [0.25, 0.3) is 0 Å². The van der Waals surface area contributed by atoms with Crippen LogP contribution in [0, 0.1) is 5.92 Å². The van der Waals surface area contributed by atoms with Crippen LogP contribution >= 0.6 is 11.3 Å². The smallest absolute Gasteiger partial charge is 0.229 e. The number of hydrogen-bond donors (Lipinski definition) is 0. The Morgan fingerprint density at radius 3 is 2.52 bits per heavy atom. The average molecular weight is 358 g/mol. The van der Waals surface area contributed by atoms with Gasteiger partial charge in [0.05, 0.1) is 5.92 Å². The Bertz CT molecular complexity index is 745. The van der Waals surface area contributed by atoms with Crippen LogP contribution in [0.2, 0.25) is 0 Å². The molecule has 2 fully saturated rings. The van der Waals surface area contributed by atoms with Crippen LogP contribution in [-0.2, 0) is 9.59 Å². The molecule has 1 atom stereocenters. The van der Waals surface area contributed by atoms with Crippen molar-refractivity contribution in [2.24, 2.45) is 5.92 Å². The van der Waals surface area contributed by atoms with Gasteiger partial charge >= 0.3 is 0 Å². The lowest BCUT2D eigenvalue weighted by Gasteiger charge is -2.35. The quantitative estimate of drug-likeness (QED) is 0.801. The molecule has 2 aromatic rings. The maximum absolute atomic E-state index is 12.8. The van der Waals surface area contributed by atoms with E-state index in [1.54, 1.807) is 29.6 Å². The predicted octanol–water partition coefficient (Wildman–Crippen LogP) is 0.635. The van der Waals surface area contributed by atoms with Gasteiger partial charge in [-0.2, -0.15) is 0 Å². The molecule has 4 heterocycles. The van der Waals surface area contributed by atoms with Crippen LogP contribution in [0.5, 0.6) is 0 Å². The van der Waals surface area contributed by atoms with Gasteiger partial charge in [-0.3, -0.25) is 14.5 Å². The first kappa shape index (κ1) is 15.9. The molecule has 4 rings (SSSR count). The van der Waals surface area contributed by atoms with Crippen LogP contribution in [-0.4, -0.2) is 64.4 Å². The van der Waals surface area contributed by atoms with Crippen LogP contribution in [0.4, 0.5) is 11.1 Å². The van der Waals surface area contributed by atoms with Gasteiger partial charge in [0.15, 0.2) is 5.13 Å². The van der Waals surface area contributed by atoms with E-state index in [2.05, 4.69) is 19.9 Å². The molecule has 2 aliphatic rings. The molecule has 25 heavy (non-hydrogen) atoms. The highest BCUT2D eigenvalue weighted by molar-refractivity contribution is 7.13. The first-order valence-corrected chi connectivity index (χ1v) is 9.11. The van der Waals surface area contributed by atoms with Gasteiger partial charge in [0.1, 0.15) is 0 Å². The Balaban J connectivity index is 1.36. The minimum atomic E-state index is -0.282. The molecule has 0 saturated carbocycles. The lowest BCUT2D eigenvalue weighted by Crippen LogP contribution is -2.51. The normalized spacial score (nSPS) is 21.0. The summed E-state index contributed by atoms with van der Waals surface area (Å²) in [6.07, 6.45) is 5.38. The summed E-state index contributed by atoms with van der Waals surface area (Å²) < 4.78 is 0. The van der Waals surface area contributed by atoms with E-state index in [1.165, 1.54) is 11.3 Å². The fraction of sp³-hybridized carbons (Fsp3) is 0.438. The molecule has 2 aliphatic heterocycles. The molecule has 130 valence electrons. The largest absolute Gasteiger partial charge is 0.339 e. The van der Waals surface area contributed by atoms with E-state index in [4.69, 9.17) is 0 Å². The summed E-state index contributed by atoms with van der Waals surface area (Å²) in [5.41, 5.74) is 0. The molecular weight excluding hydrogens is 340 g/mol. The molecule has 2 amide bonds. The summed E-state index contributed by atoms with van der Waals surface area (Å²) in [7, 11) is 0. The van der Waals surface area contributed by atoms with Gasteiger partial charge < -0.3 is 9.80 Å². The zero-order valence-electron chi connectivity index (χ0n) is 13.6. The van der Waals surface area contributed by atoms with E-state index in [0.717, 1.165) is 0 Å². The Labute approximate surface area is 149 Å². The van der Waals surface area contributed by atoms with Crippen molar-refractivity contribution in [1.29, 1.82) is 0 Å². The fourth-order valence-electron chi connectivity index (χ4n) is 3.25. The van der Waals surface area contributed by atoms with Gasteiger partial charge in [-0.25, -0.2) is 15.0 Å². The van der Waals surface area contributed by atoms with Crippen molar-refractivity contribution in [3.63, 3.8) is 0 Å². The zero-order chi connectivity index (χ0) is 17.2. The number of aromatic nitrogens is 3. The van der Waals surface area contributed by atoms with E-state index < -0.39 is 0 Å². The number of thiazole rings is 1. The topological polar surface area (TPSA) is 82.5 Å². The molecule has 0 spiro atoms. The highest BCUT2D eigenvalue weighted by Crippen LogP contribution is 2.28. The molecule has 8 nitrogen and oxygen atoms in total. The van der Waals surface area contributed by atoms with Gasteiger partial charge in [-0.1, -0.05) is 0 Å². The molecule has 0 aliphatic carbocycles. The zero-order valence-corrected chi connectivity index (χ0v) is 14.4. The third kappa shape index (κ3) is 3.19. The lowest BCUT2D eigenvalue weighted by molar-refractivity contribution is -0.136. The van der Waals surface area contributed by atoms with Gasteiger partial charge in [0.2, 0.25) is 17.8 Å². The molecule has 1 unspecified atom stereocenters. The summed E-state index contributed by atoms with van der Waals surface area (Å²) in [5, 5.41) is 2.51. The Morgan fingerprint density at radius 2 is 1.84 bits per heavy atom. The Morgan fingerprint density at radius 1 is 1.08 bits per heavy atom. The molecular formula is C16H18N6O2S. The van der Waals surface area contributed by atoms with Crippen molar-refractivity contribution >= 4 is 34.2 Å². The lowest BCUT2D eigenvalue weighted by atomic mass is 10.1. The second-order valence-corrected chi connectivity index (χ2v) is 6.95. The molecule has 0 bridgehead atoms. The van der Waals surface area contributed by atoms with Gasteiger partial charge in [-0.05, 0) is 6.07 Å². The van der Waals surface area contributed by atoms with Crippen molar-refractivity contribution < 1.29 is 9.59 Å². The number of nitrogens with zero attached hydrogens (tertiary/aromatic N) is 6. The van der Waals surface area contributed by atoms with Crippen molar-refractivity contribution in [2.75, 3.05) is 42.5 Å². The number of amides is 2. The molecule has 0 radical (unpaired) electrons. The maximum atomic E-state index is 12.8. The average Bonchev–Trinajstić information content (AvgIpc) is 3.31. The first-order valence-electron chi connectivity index (χ1n) is 8.23. The molecule has 2 aromatic heterocycles. The summed E-state index contributed by atoms with van der Waals surface area (Å²) in [4.78, 5) is 43.2. The SMILES string of the molecule is O=C(C1CC(=O)N(c2nccs2)C1)N1CCN(c2ncccn2)CC1. The standard InChI is InChI=1S/C16H18N6O2S/c23-13-10-12(11-22(13)16-19-4-9-25-16)14(24)20-5-7-21(8-6-20)15-17-2-1-3-18-15/h1-4,9,12H,5-8,10-11H2.